The van der Waals surface area contributed by atoms with Gasteiger partial charge in [-0.25, -0.2) is 9.18 Å². The van der Waals surface area contributed by atoms with Crippen LogP contribution in [0.5, 0.6) is 5.75 Å². The Bertz CT molecular complexity index is 644. The van der Waals surface area contributed by atoms with Gasteiger partial charge < -0.3 is 15.4 Å². The molecular weight excluding hydrogens is 295 g/mol. The minimum absolute atomic E-state index is 0.118. The number of ether oxygens (including phenoxy) is 1. The minimum atomic E-state index is -0.271. The molecule has 0 aromatic heterocycles. The summed E-state index contributed by atoms with van der Waals surface area (Å²) >= 11 is 0. The van der Waals surface area contributed by atoms with Crippen molar-refractivity contribution >= 4 is 11.7 Å². The number of benzene rings is 2. The Morgan fingerprint density at radius 1 is 1.22 bits per heavy atom. The highest BCUT2D eigenvalue weighted by Gasteiger charge is 2.06. The summed E-state index contributed by atoms with van der Waals surface area (Å²) in [6.07, 6.45) is 0.869. The number of halogens is 1. The fraction of sp³-hybridized carbons (Fsp3) is 0.278. The molecule has 4 nitrogen and oxygen atoms in total. The van der Waals surface area contributed by atoms with Crippen LogP contribution in [0.1, 0.15) is 25.8 Å². The van der Waals surface area contributed by atoms with E-state index in [1.165, 1.54) is 12.1 Å². The number of anilines is 1. The van der Waals surface area contributed by atoms with Gasteiger partial charge in [0.05, 0.1) is 0 Å². The van der Waals surface area contributed by atoms with Crippen molar-refractivity contribution in [2.75, 3.05) is 5.32 Å². The largest absolute Gasteiger partial charge is 0.489 e. The number of hydrogen-bond donors (Lipinski definition) is 2. The quantitative estimate of drug-likeness (QED) is 0.833. The summed E-state index contributed by atoms with van der Waals surface area (Å²) < 4.78 is 18.5. The first-order chi connectivity index (χ1) is 11.1. The third-order valence-corrected chi connectivity index (χ3v) is 3.40. The van der Waals surface area contributed by atoms with E-state index in [2.05, 4.69) is 10.6 Å². The Balaban J connectivity index is 1.91. The summed E-state index contributed by atoms with van der Waals surface area (Å²) in [7, 11) is 0. The van der Waals surface area contributed by atoms with Gasteiger partial charge in [-0.3, -0.25) is 0 Å². The maximum absolute atomic E-state index is 12.9. The fourth-order valence-electron chi connectivity index (χ4n) is 1.90. The first kappa shape index (κ1) is 16.8. The number of rotatable bonds is 6. The second kappa shape index (κ2) is 8.17. The van der Waals surface area contributed by atoms with E-state index in [1.807, 2.05) is 13.8 Å². The van der Waals surface area contributed by atoms with Crippen LogP contribution < -0.4 is 15.4 Å². The molecular formula is C18H21FN2O2. The number of hydrogen-bond acceptors (Lipinski definition) is 2. The van der Waals surface area contributed by atoms with Gasteiger partial charge in [0.25, 0.3) is 0 Å². The lowest BCUT2D eigenvalue weighted by Crippen LogP contribution is -2.35. The lowest BCUT2D eigenvalue weighted by atomic mass is 10.2. The second-order valence-electron chi connectivity index (χ2n) is 5.35. The highest BCUT2D eigenvalue weighted by atomic mass is 19.1. The molecule has 5 heteroatoms. The summed E-state index contributed by atoms with van der Waals surface area (Å²) in [5, 5.41) is 5.61. The molecule has 0 heterocycles. The van der Waals surface area contributed by atoms with Crippen LogP contribution in [0.25, 0.3) is 0 Å². The first-order valence-electron chi connectivity index (χ1n) is 7.61. The van der Waals surface area contributed by atoms with Gasteiger partial charge in [0.15, 0.2) is 0 Å². The SMILES string of the molecule is CCC(C)NC(=O)Nc1cccc(OCc2ccc(F)cc2)c1. The van der Waals surface area contributed by atoms with E-state index in [0.717, 1.165) is 12.0 Å². The molecule has 0 radical (unpaired) electrons. The molecule has 0 bridgehead atoms. The molecule has 2 amide bonds. The zero-order chi connectivity index (χ0) is 16.7. The summed E-state index contributed by atoms with van der Waals surface area (Å²) in [5.74, 6) is 0.364. The molecule has 0 saturated heterocycles. The van der Waals surface area contributed by atoms with Gasteiger partial charge in [-0.2, -0.15) is 0 Å². The van der Waals surface area contributed by atoms with Gasteiger partial charge in [-0.15, -0.1) is 0 Å². The van der Waals surface area contributed by atoms with Gasteiger partial charge in [-0.05, 0) is 43.2 Å². The van der Waals surface area contributed by atoms with E-state index >= 15 is 0 Å². The van der Waals surface area contributed by atoms with E-state index < -0.39 is 0 Å². The van der Waals surface area contributed by atoms with E-state index in [0.29, 0.717) is 18.0 Å². The Morgan fingerprint density at radius 3 is 2.65 bits per heavy atom. The third-order valence-electron chi connectivity index (χ3n) is 3.40. The Labute approximate surface area is 135 Å². The van der Waals surface area contributed by atoms with E-state index in [1.54, 1.807) is 36.4 Å². The monoisotopic (exact) mass is 316 g/mol. The van der Waals surface area contributed by atoms with Crippen molar-refractivity contribution in [3.63, 3.8) is 0 Å². The molecule has 122 valence electrons. The molecule has 1 unspecified atom stereocenters. The molecule has 0 spiro atoms. The van der Waals surface area contributed by atoms with Crippen LogP contribution in [0.3, 0.4) is 0 Å². The number of carbonyl (C=O) groups is 1. The summed E-state index contributed by atoms with van der Waals surface area (Å²) in [4.78, 5) is 11.8. The van der Waals surface area contributed by atoms with E-state index in [-0.39, 0.29) is 17.9 Å². The van der Waals surface area contributed by atoms with Crippen molar-refractivity contribution in [2.24, 2.45) is 0 Å². The molecule has 0 saturated carbocycles. The van der Waals surface area contributed by atoms with E-state index in [9.17, 15) is 9.18 Å². The zero-order valence-electron chi connectivity index (χ0n) is 13.3. The normalized spacial score (nSPS) is 11.6. The van der Waals surface area contributed by atoms with Gasteiger partial charge in [0.2, 0.25) is 0 Å². The number of carbonyl (C=O) groups excluding carboxylic acids is 1. The highest BCUT2D eigenvalue weighted by molar-refractivity contribution is 5.89. The minimum Gasteiger partial charge on any atom is -0.489 e. The molecule has 0 aliphatic carbocycles. The standard InChI is InChI=1S/C18H21FN2O2/c1-3-13(2)20-18(22)21-16-5-4-6-17(11-16)23-12-14-7-9-15(19)10-8-14/h4-11,13H,3,12H2,1-2H3,(H2,20,21,22). The number of amides is 2. The molecule has 2 aromatic rings. The van der Waals surface area contributed by atoms with Crippen molar-refractivity contribution in [1.82, 2.24) is 5.32 Å². The van der Waals surface area contributed by atoms with Gasteiger partial charge in [-0.1, -0.05) is 25.1 Å². The van der Waals surface area contributed by atoms with Crippen molar-refractivity contribution in [3.05, 3.63) is 59.9 Å². The predicted molar refractivity (Wildman–Crippen MR) is 89.1 cm³/mol. The molecule has 2 aromatic carbocycles. The topological polar surface area (TPSA) is 50.4 Å². The Kier molecular flexibility index (Phi) is 5.97. The van der Waals surface area contributed by atoms with Crippen molar-refractivity contribution in [3.8, 4) is 5.75 Å². The van der Waals surface area contributed by atoms with Crippen LogP contribution in [0.2, 0.25) is 0 Å². The van der Waals surface area contributed by atoms with Crippen LogP contribution in [0.4, 0.5) is 14.9 Å². The molecule has 1 atom stereocenters. The van der Waals surface area contributed by atoms with Crippen LogP contribution in [0.15, 0.2) is 48.5 Å². The molecule has 0 aliphatic rings. The molecule has 2 rings (SSSR count). The van der Waals surface area contributed by atoms with Gasteiger partial charge in [0.1, 0.15) is 18.2 Å². The Morgan fingerprint density at radius 2 is 1.96 bits per heavy atom. The van der Waals surface area contributed by atoms with Gasteiger partial charge >= 0.3 is 6.03 Å². The van der Waals surface area contributed by atoms with Crippen molar-refractivity contribution in [1.29, 1.82) is 0 Å². The first-order valence-corrected chi connectivity index (χ1v) is 7.61. The van der Waals surface area contributed by atoms with Crippen LogP contribution in [-0.2, 0) is 6.61 Å². The highest BCUT2D eigenvalue weighted by Crippen LogP contribution is 2.18. The number of nitrogens with one attached hydrogen (secondary N) is 2. The molecule has 2 N–H and O–H groups in total. The summed E-state index contributed by atoms with van der Waals surface area (Å²) in [6, 6.07) is 13.2. The maximum atomic E-state index is 12.9. The summed E-state index contributed by atoms with van der Waals surface area (Å²) in [5.41, 5.74) is 1.53. The molecule has 0 aliphatic heterocycles. The van der Waals surface area contributed by atoms with Gasteiger partial charge in [0, 0.05) is 17.8 Å². The Hall–Kier alpha value is -2.56. The van der Waals surface area contributed by atoms with Crippen LogP contribution >= 0.6 is 0 Å². The second-order valence-corrected chi connectivity index (χ2v) is 5.35. The number of urea groups is 1. The molecule has 0 fully saturated rings. The average Bonchev–Trinajstić information content (AvgIpc) is 2.54. The lowest BCUT2D eigenvalue weighted by molar-refractivity contribution is 0.249. The predicted octanol–water partition coefficient (Wildman–Crippen LogP) is 4.32. The van der Waals surface area contributed by atoms with Crippen LogP contribution in [-0.4, -0.2) is 12.1 Å². The molecule has 23 heavy (non-hydrogen) atoms. The smallest absolute Gasteiger partial charge is 0.319 e. The fourth-order valence-corrected chi connectivity index (χ4v) is 1.90. The average molecular weight is 316 g/mol. The van der Waals surface area contributed by atoms with Crippen molar-refractivity contribution < 1.29 is 13.9 Å². The zero-order valence-corrected chi connectivity index (χ0v) is 13.3. The van der Waals surface area contributed by atoms with E-state index in [4.69, 9.17) is 4.74 Å². The lowest BCUT2D eigenvalue weighted by Gasteiger charge is -2.13. The summed E-state index contributed by atoms with van der Waals surface area (Å²) in [6.45, 7) is 4.29. The maximum Gasteiger partial charge on any atom is 0.319 e. The third kappa shape index (κ3) is 5.62. The van der Waals surface area contributed by atoms with Crippen LogP contribution in [0, 0.1) is 5.82 Å². The van der Waals surface area contributed by atoms with Crippen molar-refractivity contribution in [2.45, 2.75) is 32.9 Å².